The molecule has 3 heteroatoms. The van der Waals surface area contributed by atoms with Crippen LogP contribution in [0, 0.1) is 12.3 Å². The predicted molar refractivity (Wildman–Crippen MR) is 82.6 cm³/mol. The van der Waals surface area contributed by atoms with E-state index in [1.807, 2.05) is 6.92 Å². The second-order valence-electron chi connectivity index (χ2n) is 6.12. The third-order valence-electron chi connectivity index (χ3n) is 3.46. The number of hydrogen-bond donors (Lipinski definition) is 1. The Kier molecular flexibility index (Phi) is 6.26. The van der Waals surface area contributed by atoms with Crippen LogP contribution in [-0.4, -0.2) is 16.5 Å². The van der Waals surface area contributed by atoms with Crippen molar-refractivity contribution in [1.82, 2.24) is 9.97 Å². The maximum absolute atomic E-state index is 4.46. The minimum atomic E-state index is 0.320. The van der Waals surface area contributed by atoms with Gasteiger partial charge in [-0.2, -0.15) is 0 Å². The van der Waals surface area contributed by atoms with Crippen LogP contribution in [0.2, 0.25) is 0 Å². The standard InChI is InChI=1S/C16H29N3/c1-6-8-9-10-16(4,5)12-17-15-11-14(7-2)18-13(3)19-15/h11H,6-10,12H2,1-5H3,(H,17,18,19). The van der Waals surface area contributed by atoms with Gasteiger partial charge in [-0.15, -0.1) is 0 Å². The molecule has 0 bridgehead atoms. The quantitative estimate of drug-likeness (QED) is 0.708. The minimum absolute atomic E-state index is 0.320. The van der Waals surface area contributed by atoms with Gasteiger partial charge in [0.25, 0.3) is 0 Å². The number of rotatable bonds is 8. The van der Waals surface area contributed by atoms with Crippen molar-refractivity contribution >= 4 is 5.82 Å². The van der Waals surface area contributed by atoms with Crippen LogP contribution >= 0.6 is 0 Å². The summed E-state index contributed by atoms with van der Waals surface area (Å²) in [6.45, 7) is 11.9. The highest BCUT2D eigenvalue weighted by Crippen LogP contribution is 2.24. The molecule has 0 saturated carbocycles. The fraction of sp³-hybridized carbons (Fsp3) is 0.750. The summed E-state index contributed by atoms with van der Waals surface area (Å²) in [7, 11) is 0. The Morgan fingerprint density at radius 2 is 1.89 bits per heavy atom. The molecule has 0 aliphatic rings. The van der Waals surface area contributed by atoms with Crippen LogP contribution in [0.3, 0.4) is 0 Å². The van der Waals surface area contributed by atoms with Gasteiger partial charge in [0.05, 0.1) is 0 Å². The molecule has 0 unspecified atom stereocenters. The Hall–Kier alpha value is -1.12. The zero-order chi connectivity index (χ0) is 14.3. The van der Waals surface area contributed by atoms with Crippen molar-refractivity contribution in [3.63, 3.8) is 0 Å². The molecule has 0 aliphatic heterocycles. The maximum Gasteiger partial charge on any atom is 0.129 e. The molecular formula is C16H29N3. The molecule has 1 rings (SSSR count). The summed E-state index contributed by atoms with van der Waals surface area (Å²) in [6.07, 6.45) is 6.15. The van der Waals surface area contributed by atoms with Crippen LogP contribution in [-0.2, 0) is 6.42 Å². The van der Waals surface area contributed by atoms with Crippen LogP contribution < -0.4 is 5.32 Å². The van der Waals surface area contributed by atoms with Crippen molar-refractivity contribution in [2.24, 2.45) is 5.41 Å². The van der Waals surface area contributed by atoms with Crippen molar-refractivity contribution in [2.75, 3.05) is 11.9 Å². The average molecular weight is 263 g/mol. The van der Waals surface area contributed by atoms with Gasteiger partial charge in [0.2, 0.25) is 0 Å². The lowest BCUT2D eigenvalue weighted by molar-refractivity contribution is 0.342. The zero-order valence-electron chi connectivity index (χ0n) is 13.2. The summed E-state index contributed by atoms with van der Waals surface area (Å²) in [6, 6.07) is 2.06. The molecule has 19 heavy (non-hydrogen) atoms. The van der Waals surface area contributed by atoms with E-state index in [9.17, 15) is 0 Å². The number of nitrogens with one attached hydrogen (secondary N) is 1. The number of aryl methyl sites for hydroxylation is 2. The third kappa shape index (κ3) is 6.04. The SMILES string of the molecule is CCCCCC(C)(C)CNc1cc(CC)nc(C)n1. The Bertz CT molecular complexity index is 386. The van der Waals surface area contributed by atoms with Crippen molar-refractivity contribution < 1.29 is 0 Å². The molecule has 0 fully saturated rings. The van der Waals surface area contributed by atoms with Crippen molar-refractivity contribution in [3.05, 3.63) is 17.6 Å². The van der Waals surface area contributed by atoms with E-state index in [-0.39, 0.29) is 0 Å². The third-order valence-corrected chi connectivity index (χ3v) is 3.46. The highest BCUT2D eigenvalue weighted by molar-refractivity contribution is 5.36. The highest BCUT2D eigenvalue weighted by atomic mass is 15.0. The van der Waals surface area contributed by atoms with E-state index < -0.39 is 0 Å². The Balaban J connectivity index is 2.53. The molecule has 0 aliphatic carbocycles. The van der Waals surface area contributed by atoms with E-state index in [0.717, 1.165) is 30.3 Å². The molecule has 108 valence electrons. The van der Waals surface area contributed by atoms with Gasteiger partial charge in [-0.05, 0) is 25.2 Å². The van der Waals surface area contributed by atoms with Crippen molar-refractivity contribution in [1.29, 1.82) is 0 Å². The lowest BCUT2D eigenvalue weighted by Gasteiger charge is -2.25. The molecule has 0 radical (unpaired) electrons. The van der Waals surface area contributed by atoms with Gasteiger partial charge in [-0.1, -0.05) is 47.0 Å². The maximum atomic E-state index is 4.46. The second-order valence-corrected chi connectivity index (χ2v) is 6.12. The fourth-order valence-corrected chi connectivity index (χ4v) is 2.17. The summed E-state index contributed by atoms with van der Waals surface area (Å²) in [5.41, 5.74) is 1.43. The Morgan fingerprint density at radius 3 is 2.53 bits per heavy atom. The summed E-state index contributed by atoms with van der Waals surface area (Å²) >= 11 is 0. The molecule has 1 aromatic rings. The first-order valence-corrected chi connectivity index (χ1v) is 7.55. The van der Waals surface area contributed by atoms with Crippen molar-refractivity contribution in [3.8, 4) is 0 Å². The van der Waals surface area contributed by atoms with E-state index in [1.165, 1.54) is 25.7 Å². The predicted octanol–water partition coefficient (Wildman–Crippen LogP) is 4.37. The summed E-state index contributed by atoms with van der Waals surface area (Å²) in [4.78, 5) is 8.87. The zero-order valence-corrected chi connectivity index (χ0v) is 13.2. The largest absolute Gasteiger partial charge is 0.369 e. The van der Waals surface area contributed by atoms with Gasteiger partial charge >= 0.3 is 0 Å². The topological polar surface area (TPSA) is 37.8 Å². The van der Waals surface area contributed by atoms with E-state index in [0.29, 0.717) is 5.41 Å². The molecular weight excluding hydrogens is 234 g/mol. The van der Waals surface area contributed by atoms with Crippen molar-refractivity contribution in [2.45, 2.75) is 66.7 Å². The Labute approximate surface area is 118 Å². The molecule has 1 heterocycles. The molecule has 3 nitrogen and oxygen atoms in total. The monoisotopic (exact) mass is 263 g/mol. The number of anilines is 1. The minimum Gasteiger partial charge on any atom is -0.369 e. The summed E-state index contributed by atoms with van der Waals surface area (Å²) in [5, 5.41) is 3.48. The lowest BCUT2D eigenvalue weighted by atomic mass is 9.87. The smallest absolute Gasteiger partial charge is 0.129 e. The second kappa shape index (κ2) is 7.46. The molecule has 1 N–H and O–H groups in total. The van der Waals surface area contributed by atoms with Gasteiger partial charge in [-0.3, -0.25) is 0 Å². The van der Waals surface area contributed by atoms with Crippen LogP contribution in [0.5, 0.6) is 0 Å². The van der Waals surface area contributed by atoms with Gasteiger partial charge in [0.15, 0.2) is 0 Å². The lowest BCUT2D eigenvalue weighted by Crippen LogP contribution is -2.23. The van der Waals surface area contributed by atoms with Gasteiger partial charge in [0.1, 0.15) is 11.6 Å². The first-order valence-electron chi connectivity index (χ1n) is 7.55. The number of nitrogens with zero attached hydrogens (tertiary/aromatic N) is 2. The van der Waals surface area contributed by atoms with E-state index in [4.69, 9.17) is 0 Å². The first kappa shape index (κ1) is 15.9. The van der Waals surface area contributed by atoms with Crippen LogP contribution in [0.15, 0.2) is 6.07 Å². The van der Waals surface area contributed by atoms with Gasteiger partial charge in [0, 0.05) is 18.3 Å². The number of hydrogen-bond acceptors (Lipinski definition) is 3. The van der Waals surface area contributed by atoms with Crippen LogP contribution in [0.4, 0.5) is 5.82 Å². The molecule has 0 atom stereocenters. The first-order chi connectivity index (χ1) is 8.96. The molecule has 0 saturated heterocycles. The van der Waals surface area contributed by atoms with E-state index >= 15 is 0 Å². The summed E-state index contributed by atoms with van der Waals surface area (Å²) < 4.78 is 0. The molecule has 0 amide bonds. The van der Waals surface area contributed by atoms with Gasteiger partial charge in [-0.25, -0.2) is 9.97 Å². The van der Waals surface area contributed by atoms with Crippen LogP contribution in [0.25, 0.3) is 0 Å². The normalized spacial score (nSPS) is 11.6. The fourth-order valence-electron chi connectivity index (χ4n) is 2.17. The molecule has 1 aromatic heterocycles. The summed E-state index contributed by atoms with van der Waals surface area (Å²) in [5.74, 6) is 1.82. The van der Waals surface area contributed by atoms with E-state index in [1.54, 1.807) is 0 Å². The molecule has 0 spiro atoms. The molecule has 0 aromatic carbocycles. The Morgan fingerprint density at radius 1 is 1.16 bits per heavy atom. The number of aromatic nitrogens is 2. The van der Waals surface area contributed by atoms with E-state index in [2.05, 4.69) is 49.0 Å². The average Bonchev–Trinajstić information content (AvgIpc) is 2.36. The highest BCUT2D eigenvalue weighted by Gasteiger charge is 2.17. The van der Waals surface area contributed by atoms with Gasteiger partial charge < -0.3 is 5.32 Å². The number of unbranched alkanes of at least 4 members (excludes halogenated alkanes) is 2. The van der Waals surface area contributed by atoms with Crippen LogP contribution in [0.1, 0.15) is 64.9 Å².